The van der Waals surface area contributed by atoms with Crippen LogP contribution in [-0.4, -0.2) is 62.6 Å². The van der Waals surface area contributed by atoms with Gasteiger partial charge in [0.05, 0.1) is 32.1 Å². The summed E-state index contributed by atoms with van der Waals surface area (Å²) in [6.07, 6.45) is 0.616. The Hall–Kier alpha value is -3.39. The number of ether oxygens (including phenoxy) is 3. The smallest absolute Gasteiger partial charge is 0.306 e. The fourth-order valence-electron chi connectivity index (χ4n) is 3.84. The number of methoxy groups -OCH3 is 2. The molecule has 3 rings (SSSR count). The van der Waals surface area contributed by atoms with Crippen molar-refractivity contribution in [3.8, 4) is 16.9 Å². The van der Waals surface area contributed by atoms with Crippen LogP contribution in [0, 0.1) is 11.3 Å². The van der Waals surface area contributed by atoms with Crippen LogP contribution in [0.1, 0.15) is 18.4 Å². The van der Waals surface area contributed by atoms with Crippen molar-refractivity contribution >= 4 is 17.7 Å². The molecule has 0 saturated carbocycles. The highest BCUT2D eigenvalue weighted by Gasteiger charge is 2.40. The average molecular weight is 440 g/mol. The van der Waals surface area contributed by atoms with E-state index in [-0.39, 0.29) is 30.2 Å². The van der Waals surface area contributed by atoms with E-state index in [4.69, 9.17) is 25.4 Å². The number of nitrogens with zero attached hydrogens (tertiary/aromatic N) is 1. The third-order valence-corrected chi connectivity index (χ3v) is 5.63. The van der Waals surface area contributed by atoms with Gasteiger partial charge in [0.2, 0.25) is 5.91 Å². The lowest BCUT2D eigenvalue weighted by atomic mass is 10.0. The van der Waals surface area contributed by atoms with Crippen LogP contribution in [0.15, 0.2) is 48.5 Å². The van der Waals surface area contributed by atoms with Crippen molar-refractivity contribution in [1.29, 1.82) is 5.41 Å². The monoisotopic (exact) mass is 439 g/mol. The number of rotatable bonds is 10. The molecule has 1 amide bonds. The maximum Gasteiger partial charge on any atom is 0.306 e. The second-order valence-electron chi connectivity index (χ2n) is 7.72. The zero-order chi connectivity index (χ0) is 23.1. The summed E-state index contributed by atoms with van der Waals surface area (Å²) in [5, 5.41) is 7.48. The number of amidine groups is 1. The summed E-state index contributed by atoms with van der Waals surface area (Å²) in [6.45, 7) is 1.21. The second kappa shape index (κ2) is 10.8. The van der Waals surface area contributed by atoms with E-state index in [9.17, 15) is 9.59 Å². The van der Waals surface area contributed by atoms with Crippen LogP contribution in [-0.2, 0) is 19.1 Å². The number of amides is 1. The van der Waals surface area contributed by atoms with Crippen LogP contribution in [0.5, 0.6) is 5.75 Å². The molecule has 1 aliphatic heterocycles. The van der Waals surface area contributed by atoms with E-state index in [2.05, 4.69) is 0 Å². The number of nitrogens with one attached hydrogen (secondary N) is 1. The predicted octanol–water partition coefficient (Wildman–Crippen LogP) is 2.44. The van der Waals surface area contributed by atoms with Crippen LogP contribution >= 0.6 is 0 Å². The first-order valence-electron chi connectivity index (χ1n) is 10.5. The molecule has 3 N–H and O–H groups in total. The first-order chi connectivity index (χ1) is 15.4. The Morgan fingerprint density at radius 2 is 1.72 bits per heavy atom. The molecule has 2 aromatic rings. The maximum atomic E-state index is 12.7. The van der Waals surface area contributed by atoms with Crippen LogP contribution in [0.3, 0.4) is 0 Å². The van der Waals surface area contributed by atoms with Crippen molar-refractivity contribution in [3.05, 3.63) is 54.1 Å². The number of likely N-dealkylation sites (tertiary alicyclic amines) is 1. The van der Waals surface area contributed by atoms with E-state index >= 15 is 0 Å². The number of hydrogen-bond donors (Lipinski definition) is 2. The van der Waals surface area contributed by atoms with Gasteiger partial charge in [0.25, 0.3) is 0 Å². The number of nitrogen functional groups attached to an aromatic ring is 1. The van der Waals surface area contributed by atoms with Crippen molar-refractivity contribution in [2.45, 2.75) is 18.9 Å². The first-order valence-corrected chi connectivity index (χ1v) is 10.5. The minimum atomic E-state index is -0.395. The molecule has 8 heteroatoms. The summed E-state index contributed by atoms with van der Waals surface area (Å²) in [5.74, 6) is -0.106. The lowest BCUT2D eigenvalue weighted by molar-refractivity contribution is -0.145. The van der Waals surface area contributed by atoms with Gasteiger partial charge in [-0.3, -0.25) is 15.0 Å². The van der Waals surface area contributed by atoms with Gasteiger partial charge in [0.1, 0.15) is 18.2 Å². The van der Waals surface area contributed by atoms with Crippen molar-refractivity contribution in [2.75, 3.05) is 34.0 Å². The van der Waals surface area contributed by atoms with Crippen LogP contribution < -0.4 is 10.5 Å². The highest BCUT2D eigenvalue weighted by Crippen LogP contribution is 2.29. The van der Waals surface area contributed by atoms with Crippen molar-refractivity contribution in [2.24, 2.45) is 11.7 Å². The van der Waals surface area contributed by atoms with Crippen molar-refractivity contribution in [1.82, 2.24) is 4.90 Å². The molecule has 0 aliphatic carbocycles. The van der Waals surface area contributed by atoms with Gasteiger partial charge in [-0.05, 0) is 29.7 Å². The largest absolute Gasteiger partial charge is 0.491 e. The number of carbonyl (C=O) groups excluding carboxylic acids is 2. The molecule has 1 fully saturated rings. The molecule has 0 bridgehead atoms. The molecule has 1 heterocycles. The molecule has 0 unspecified atom stereocenters. The molecular formula is C24H29N3O5. The number of nitrogens with two attached hydrogens (primary N) is 1. The standard InChI is InChI=1S/C24H29N3O5/c1-30-12-11-27-20(13-19(24(27)29)14-22(28)31-2)15-32-21-9-7-17(8-10-21)16-3-5-18(6-4-16)23(25)26/h3-10,19-20H,11-15H2,1-2H3,(H3,25,26)/t19-,20-/m0/s1. The van der Waals surface area contributed by atoms with E-state index in [1.807, 2.05) is 48.5 Å². The molecule has 0 radical (unpaired) electrons. The number of benzene rings is 2. The van der Waals surface area contributed by atoms with E-state index in [0.717, 1.165) is 11.1 Å². The second-order valence-corrected chi connectivity index (χ2v) is 7.72. The van der Waals surface area contributed by atoms with E-state index in [1.54, 1.807) is 12.0 Å². The lowest BCUT2D eigenvalue weighted by Gasteiger charge is -2.24. The third kappa shape index (κ3) is 5.64. The van der Waals surface area contributed by atoms with Gasteiger partial charge in [-0.15, -0.1) is 0 Å². The molecule has 32 heavy (non-hydrogen) atoms. The molecule has 2 atom stereocenters. The minimum absolute atomic E-state index is 0.0408. The number of carbonyl (C=O) groups is 2. The maximum absolute atomic E-state index is 12.7. The third-order valence-electron chi connectivity index (χ3n) is 5.63. The Kier molecular flexibility index (Phi) is 7.83. The fraction of sp³-hybridized carbons (Fsp3) is 0.375. The van der Waals surface area contributed by atoms with Gasteiger partial charge in [-0.2, -0.15) is 0 Å². The van der Waals surface area contributed by atoms with Crippen LogP contribution in [0.2, 0.25) is 0 Å². The summed E-state index contributed by atoms with van der Waals surface area (Å²) in [7, 11) is 2.92. The summed E-state index contributed by atoms with van der Waals surface area (Å²) >= 11 is 0. The topological polar surface area (TPSA) is 115 Å². The predicted molar refractivity (Wildman–Crippen MR) is 121 cm³/mol. The fourth-order valence-corrected chi connectivity index (χ4v) is 3.84. The van der Waals surface area contributed by atoms with Gasteiger partial charge in [0, 0.05) is 19.2 Å². The van der Waals surface area contributed by atoms with E-state index in [1.165, 1.54) is 7.11 Å². The summed E-state index contributed by atoms with van der Waals surface area (Å²) < 4.78 is 15.8. The Bertz CT molecular complexity index is 943. The zero-order valence-electron chi connectivity index (χ0n) is 18.4. The molecule has 8 nitrogen and oxygen atoms in total. The molecule has 1 saturated heterocycles. The molecule has 170 valence electrons. The first kappa shape index (κ1) is 23.3. The minimum Gasteiger partial charge on any atom is -0.491 e. The normalized spacial score (nSPS) is 17.9. The highest BCUT2D eigenvalue weighted by molar-refractivity contribution is 5.95. The quantitative estimate of drug-likeness (QED) is 0.334. The van der Waals surface area contributed by atoms with Gasteiger partial charge in [0.15, 0.2) is 0 Å². The Morgan fingerprint density at radius 3 is 2.28 bits per heavy atom. The Morgan fingerprint density at radius 1 is 1.09 bits per heavy atom. The van der Waals surface area contributed by atoms with E-state index in [0.29, 0.717) is 37.5 Å². The van der Waals surface area contributed by atoms with Crippen molar-refractivity contribution < 1.29 is 23.8 Å². The highest BCUT2D eigenvalue weighted by atomic mass is 16.5. The van der Waals surface area contributed by atoms with Crippen LogP contribution in [0.25, 0.3) is 11.1 Å². The van der Waals surface area contributed by atoms with Gasteiger partial charge in [-0.1, -0.05) is 36.4 Å². The SMILES string of the molecule is COCCN1C(=O)[C@H](CC(=O)OC)C[C@H]1COc1ccc(-c2ccc(C(=N)N)cc2)cc1. The average Bonchev–Trinajstić information content (AvgIpc) is 3.10. The summed E-state index contributed by atoms with van der Waals surface area (Å²) in [4.78, 5) is 26.1. The summed E-state index contributed by atoms with van der Waals surface area (Å²) in [5.41, 5.74) is 8.22. The Labute approximate surface area is 187 Å². The summed E-state index contributed by atoms with van der Waals surface area (Å²) in [6, 6.07) is 15.0. The number of hydrogen-bond acceptors (Lipinski definition) is 6. The van der Waals surface area contributed by atoms with Gasteiger partial charge >= 0.3 is 5.97 Å². The van der Waals surface area contributed by atoms with Gasteiger partial charge in [-0.25, -0.2) is 0 Å². The molecular weight excluding hydrogens is 410 g/mol. The van der Waals surface area contributed by atoms with E-state index < -0.39 is 5.92 Å². The van der Waals surface area contributed by atoms with Crippen LogP contribution in [0.4, 0.5) is 0 Å². The number of esters is 1. The van der Waals surface area contributed by atoms with Crippen molar-refractivity contribution in [3.63, 3.8) is 0 Å². The molecule has 0 spiro atoms. The lowest BCUT2D eigenvalue weighted by Crippen LogP contribution is -2.39. The molecule has 0 aromatic heterocycles. The van der Waals surface area contributed by atoms with Gasteiger partial charge < -0.3 is 24.8 Å². The molecule has 1 aliphatic rings. The Balaban J connectivity index is 1.63. The zero-order valence-corrected chi connectivity index (χ0v) is 18.4. The molecule has 2 aromatic carbocycles.